The molecular formula is C17H14N3O5S-. The molecule has 0 saturated carbocycles. The van der Waals surface area contributed by atoms with E-state index >= 15 is 0 Å². The number of hydrogen-bond donors (Lipinski definition) is 2. The second kappa shape index (κ2) is 6.60. The van der Waals surface area contributed by atoms with Gasteiger partial charge in [-0.2, -0.15) is 0 Å². The molecule has 0 aliphatic carbocycles. The number of nitrogens with one attached hydrogen (secondary N) is 1. The van der Waals surface area contributed by atoms with Crippen LogP contribution >= 0.6 is 0 Å². The number of carboxylic acid groups (broad SMARTS) is 1. The van der Waals surface area contributed by atoms with Crippen molar-refractivity contribution < 1.29 is 23.4 Å². The van der Waals surface area contributed by atoms with Gasteiger partial charge in [-0.15, -0.1) is 0 Å². The Bertz CT molecular complexity index is 1110. The molecule has 0 spiro atoms. The van der Waals surface area contributed by atoms with E-state index < -0.39 is 21.6 Å². The van der Waals surface area contributed by atoms with E-state index in [4.69, 9.17) is 5.11 Å². The minimum atomic E-state index is -3.46. The molecule has 0 saturated heterocycles. The molecule has 2 aromatic carbocycles. The third-order valence-corrected chi connectivity index (χ3v) is 5.56. The maximum Gasteiger partial charge on any atom is 0.335 e. The average molecular weight is 372 g/mol. The zero-order valence-electron chi connectivity index (χ0n) is 13.6. The summed E-state index contributed by atoms with van der Waals surface area (Å²) in [5.74, 6) is -1.29. The fraction of sp³-hybridized carbons (Fsp3) is 0.118. The summed E-state index contributed by atoms with van der Waals surface area (Å²) in [6.07, 6.45) is 1.23. The first kappa shape index (κ1) is 17.6. The second-order valence-corrected chi connectivity index (χ2v) is 7.72. The molecule has 134 valence electrons. The lowest BCUT2D eigenvalue weighted by atomic mass is 10.1. The van der Waals surface area contributed by atoms with Crippen LogP contribution in [0.2, 0.25) is 0 Å². The van der Waals surface area contributed by atoms with Crippen LogP contribution in [0, 0.1) is 0 Å². The minimum Gasteiger partial charge on any atom is -0.871 e. The first-order valence-corrected chi connectivity index (χ1v) is 9.26. The molecule has 0 fully saturated rings. The topological polar surface area (TPSA) is 132 Å². The number of rotatable bonds is 5. The van der Waals surface area contributed by atoms with Crippen molar-refractivity contribution in [2.24, 2.45) is 0 Å². The number of fused-ring (bicyclic) bond motifs is 1. The summed E-state index contributed by atoms with van der Waals surface area (Å²) < 4.78 is 24.0. The normalized spacial score (nSPS) is 11.4. The Kier molecular flexibility index (Phi) is 4.47. The van der Waals surface area contributed by atoms with E-state index in [2.05, 4.69) is 15.3 Å². The number of carboxylic acids is 1. The molecule has 26 heavy (non-hydrogen) atoms. The summed E-state index contributed by atoms with van der Waals surface area (Å²) in [6.45, 7) is 1.52. The standard InChI is InChI=1S/C17H15N3O5S/c1-2-26(24,25)11-4-6-15(21)14(8-11)20-16-12-5-3-10(17(22)23)7-13(12)18-9-19-16/h3-9,21H,2H2,1H3,(H,22,23)(H,18,19,20)/p-1. The van der Waals surface area contributed by atoms with E-state index in [1.807, 2.05) is 0 Å². The van der Waals surface area contributed by atoms with Gasteiger partial charge in [0.1, 0.15) is 12.1 Å². The van der Waals surface area contributed by atoms with Gasteiger partial charge in [-0.1, -0.05) is 18.7 Å². The highest BCUT2D eigenvalue weighted by molar-refractivity contribution is 7.91. The molecule has 0 radical (unpaired) electrons. The third-order valence-electron chi connectivity index (χ3n) is 3.83. The van der Waals surface area contributed by atoms with E-state index in [0.717, 1.165) is 0 Å². The molecule has 0 amide bonds. The fourth-order valence-electron chi connectivity index (χ4n) is 2.38. The molecule has 8 nitrogen and oxygen atoms in total. The predicted octanol–water partition coefficient (Wildman–Crippen LogP) is 1.94. The molecule has 1 heterocycles. The summed E-state index contributed by atoms with van der Waals surface area (Å²) in [6, 6.07) is 8.02. The van der Waals surface area contributed by atoms with Gasteiger partial charge in [-0.3, -0.25) is 0 Å². The zero-order chi connectivity index (χ0) is 18.9. The Labute approximate surface area is 149 Å². The highest BCUT2D eigenvalue weighted by Gasteiger charge is 2.13. The molecule has 3 rings (SSSR count). The predicted molar refractivity (Wildman–Crippen MR) is 93.4 cm³/mol. The van der Waals surface area contributed by atoms with Crippen LogP contribution in [0.5, 0.6) is 5.75 Å². The summed E-state index contributed by atoms with van der Waals surface area (Å²) in [4.78, 5) is 19.2. The van der Waals surface area contributed by atoms with E-state index in [1.165, 1.54) is 49.6 Å². The Balaban J connectivity index is 2.07. The molecule has 0 bridgehead atoms. The van der Waals surface area contributed by atoms with E-state index in [9.17, 15) is 18.3 Å². The Morgan fingerprint density at radius 1 is 1.19 bits per heavy atom. The van der Waals surface area contributed by atoms with E-state index in [-0.39, 0.29) is 27.7 Å². The zero-order valence-corrected chi connectivity index (χ0v) is 14.4. The van der Waals surface area contributed by atoms with Crippen molar-refractivity contribution >= 4 is 38.2 Å². The molecule has 0 aliphatic heterocycles. The van der Waals surface area contributed by atoms with Crippen molar-refractivity contribution in [2.75, 3.05) is 11.1 Å². The van der Waals surface area contributed by atoms with Crippen LogP contribution < -0.4 is 10.4 Å². The number of aromatic carboxylic acids is 1. The quantitative estimate of drug-likeness (QED) is 0.694. The van der Waals surface area contributed by atoms with Gasteiger partial charge >= 0.3 is 5.97 Å². The van der Waals surface area contributed by atoms with Crippen LogP contribution in [-0.4, -0.2) is 35.2 Å². The van der Waals surface area contributed by atoms with Gasteiger partial charge in [-0.05, 0) is 30.3 Å². The fourth-order valence-corrected chi connectivity index (χ4v) is 3.29. The smallest absolute Gasteiger partial charge is 0.335 e. The highest BCUT2D eigenvalue weighted by Crippen LogP contribution is 2.30. The Morgan fingerprint density at radius 3 is 2.65 bits per heavy atom. The lowest BCUT2D eigenvalue weighted by Gasteiger charge is -2.17. The number of benzene rings is 2. The van der Waals surface area contributed by atoms with Crippen molar-refractivity contribution in [1.82, 2.24) is 9.97 Å². The monoisotopic (exact) mass is 372 g/mol. The molecule has 0 unspecified atom stereocenters. The van der Waals surface area contributed by atoms with Crippen LogP contribution in [0.3, 0.4) is 0 Å². The van der Waals surface area contributed by atoms with Crippen LogP contribution in [0.25, 0.3) is 10.9 Å². The maximum absolute atomic E-state index is 12.1. The van der Waals surface area contributed by atoms with Gasteiger partial charge in [0.15, 0.2) is 9.84 Å². The Morgan fingerprint density at radius 2 is 1.96 bits per heavy atom. The van der Waals surface area contributed by atoms with Gasteiger partial charge in [-0.25, -0.2) is 23.2 Å². The summed E-state index contributed by atoms with van der Waals surface area (Å²) >= 11 is 0. The molecule has 9 heteroatoms. The molecule has 3 aromatic rings. The van der Waals surface area contributed by atoms with Crippen molar-refractivity contribution in [3.05, 3.63) is 48.3 Å². The first-order chi connectivity index (χ1) is 12.3. The SMILES string of the molecule is CCS(=O)(=O)c1ccc([O-])c(Nc2ncnc3cc(C(=O)O)ccc23)c1. The van der Waals surface area contributed by atoms with E-state index in [0.29, 0.717) is 10.9 Å². The maximum atomic E-state index is 12.1. The van der Waals surface area contributed by atoms with Gasteiger partial charge in [0, 0.05) is 11.1 Å². The van der Waals surface area contributed by atoms with Gasteiger partial charge in [0.05, 0.1) is 21.7 Å². The molecule has 2 N–H and O–H groups in total. The summed E-state index contributed by atoms with van der Waals surface area (Å²) in [5.41, 5.74) is 0.511. The highest BCUT2D eigenvalue weighted by atomic mass is 32.2. The number of aromatic nitrogens is 2. The molecule has 0 aliphatic rings. The average Bonchev–Trinajstić information content (AvgIpc) is 2.63. The van der Waals surface area contributed by atoms with Gasteiger partial charge in [0.2, 0.25) is 0 Å². The number of nitrogens with zero attached hydrogens (tertiary/aromatic N) is 2. The van der Waals surface area contributed by atoms with Crippen molar-refractivity contribution in [3.63, 3.8) is 0 Å². The van der Waals surface area contributed by atoms with Gasteiger partial charge in [0.25, 0.3) is 0 Å². The number of hydrogen-bond acceptors (Lipinski definition) is 7. The van der Waals surface area contributed by atoms with Gasteiger partial charge < -0.3 is 15.5 Å². The third kappa shape index (κ3) is 3.29. The largest absolute Gasteiger partial charge is 0.871 e. The van der Waals surface area contributed by atoms with Crippen molar-refractivity contribution in [3.8, 4) is 5.75 Å². The molecular weight excluding hydrogens is 358 g/mol. The summed E-state index contributed by atoms with van der Waals surface area (Å²) in [5, 5.41) is 24.5. The van der Waals surface area contributed by atoms with Crippen LogP contribution in [0.15, 0.2) is 47.6 Å². The van der Waals surface area contributed by atoms with Crippen LogP contribution in [-0.2, 0) is 9.84 Å². The second-order valence-electron chi connectivity index (χ2n) is 5.45. The lowest BCUT2D eigenvalue weighted by molar-refractivity contribution is -0.267. The van der Waals surface area contributed by atoms with Crippen molar-refractivity contribution in [1.29, 1.82) is 0 Å². The first-order valence-electron chi connectivity index (χ1n) is 7.60. The number of sulfone groups is 1. The van der Waals surface area contributed by atoms with E-state index in [1.54, 1.807) is 0 Å². The molecule has 1 aromatic heterocycles. The lowest BCUT2D eigenvalue weighted by Crippen LogP contribution is -2.06. The summed E-state index contributed by atoms with van der Waals surface area (Å²) in [7, 11) is -3.46. The number of carbonyl (C=O) groups is 1. The van der Waals surface area contributed by atoms with Crippen LogP contribution in [0.4, 0.5) is 11.5 Å². The molecule has 0 atom stereocenters. The van der Waals surface area contributed by atoms with Crippen molar-refractivity contribution in [2.45, 2.75) is 11.8 Å². The Hall–Kier alpha value is -3.20. The number of anilines is 2. The minimum absolute atomic E-state index is 0.0358. The van der Waals surface area contributed by atoms with Crippen LogP contribution in [0.1, 0.15) is 17.3 Å².